The van der Waals surface area contributed by atoms with E-state index >= 15 is 0 Å². The van der Waals surface area contributed by atoms with Crippen molar-refractivity contribution in [2.75, 3.05) is 13.2 Å². The van der Waals surface area contributed by atoms with Crippen LogP contribution in [-0.4, -0.2) is 24.4 Å². The van der Waals surface area contributed by atoms with Crippen molar-refractivity contribution in [3.05, 3.63) is 29.7 Å². The van der Waals surface area contributed by atoms with Crippen LogP contribution in [-0.2, 0) is 10.2 Å². The highest BCUT2D eigenvalue weighted by molar-refractivity contribution is 5.74. The highest BCUT2D eigenvalue weighted by Gasteiger charge is 2.61. The lowest BCUT2D eigenvalue weighted by Gasteiger charge is -2.42. The van der Waals surface area contributed by atoms with Gasteiger partial charge in [-0.3, -0.25) is 0 Å². The molecule has 3 rings (SSSR count). The Hall–Kier alpha value is -1.56. The van der Waals surface area contributed by atoms with Crippen LogP contribution < -0.4 is 0 Å². The summed E-state index contributed by atoms with van der Waals surface area (Å²) >= 11 is 0. The standard InChI is InChI=1S/C12H10F3NO2/c1-7-16-9-4-8(2-3-10(9)18-7)11(5-17-6-11)12(13,14)15/h2-4H,5-6H2,1H3. The predicted molar refractivity (Wildman–Crippen MR) is 57.3 cm³/mol. The number of oxazole rings is 1. The monoisotopic (exact) mass is 257 g/mol. The van der Waals surface area contributed by atoms with Crippen molar-refractivity contribution in [3.8, 4) is 0 Å². The van der Waals surface area contributed by atoms with Gasteiger partial charge >= 0.3 is 6.18 Å². The summed E-state index contributed by atoms with van der Waals surface area (Å²) in [5.74, 6) is 0.438. The number of alkyl halides is 3. The first kappa shape index (κ1) is 11.5. The molecule has 96 valence electrons. The number of nitrogens with zero attached hydrogens (tertiary/aromatic N) is 1. The summed E-state index contributed by atoms with van der Waals surface area (Å²) in [6.07, 6.45) is -4.32. The number of benzene rings is 1. The molecule has 18 heavy (non-hydrogen) atoms. The fourth-order valence-electron chi connectivity index (χ4n) is 2.14. The lowest BCUT2D eigenvalue weighted by Crippen LogP contribution is -2.57. The summed E-state index contributed by atoms with van der Waals surface area (Å²) in [6.45, 7) is 0.989. The van der Waals surface area contributed by atoms with Gasteiger partial charge in [-0.25, -0.2) is 4.98 Å². The first-order valence-corrected chi connectivity index (χ1v) is 5.44. The van der Waals surface area contributed by atoms with Gasteiger partial charge < -0.3 is 9.15 Å². The molecule has 2 aromatic rings. The van der Waals surface area contributed by atoms with Gasteiger partial charge in [-0.15, -0.1) is 0 Å². The number of hydrogen-bond acceptors (Lipinski definition) is 3. The smallest absolute Gasteiger partial charge is 0.402 e. The Morgan fingerprint density at radius 2 is 2.00 bits per heavy atom. The summed E-state index contributed by atoms with van der Waals surface area (Å²) in [7, 11) is 0. The highest BCUT2D eigenvalue weighted by Crippen LogP contribution is 2.46. The molecule has 1 aromatic carbocycles. The molecule has 0 unspecified atom stereocenters. The van der Waals surface area contributed by atoms with Crippen molar-refractivity contribution in [2.24, 2.45) is 0 Å². The van der Waals surface area contributed by atoms with E-state index in [1.807, 2.05) is 0 Å². The third-order valence-corrected chi connectivity index (χ3v) is 3.29. The van der Waals surface area contributed by atoms with Crippen LogP contribution >= 0.6 is 0 Å². The molecule has 1 saturated heterocycles. The van der Waals surface area contributed by atoms with E-state index < -0.39 is 11.6 Å². The molecule has 1 aromatic heterocycles. The molecule has 3 nitrogen and oxygen atoms in total. The normalized spacial score (nSPS) is 18.9. The Bertz CT molecular complexity index is 599. The molecule has 0 aliphatic carbocycles. The van der Waals surface area contributed by atoms with Crippen LogP contribution in [0.25, 0.3) is 11.1 Å². The van der Waals surface area contributed by atoms with E-state index in [4.69, 9.17) is 9.15 Å². The first-order valence-electron chi connectivity index (χ1n) is 5.44. The van der Waals surface area contributed by atoms with Gasteiger partial charge in [0.05, 0.1) is 13.2 Å². The van der Waals surface area contributed by atoms with Gasteiger partial charge in [-0.2, -0.15) is 13.2 Å². The quantitative estimate of drug-likeness (QED) is 0.787. The number of fused-ring (bicyclic) bond motifs is 1. The number of halogens is 3. The van der Waals surface area contributed by atoms with Crippen molar-refractivity contribution >= 4 is 11.1 Å². The van der Waals surface area contributed by atoms with Gasteiger partial charge in [0.15, 0.2) is 11.5 Å². The molecule has 6 heteroatoms. The molecule has 2 heterocycles. The van der Waals surface area contributed by atoms with E-state index in [-0.39, 0.29) is 18.8 Å². The van der Waals surface area contributed by atoms with Gasteiger partial charge in [0, 0.05) is 6.92 Å². The maximum atomic E-state index is 13.1. The van der Waals surface area contributed by atoms with Crippen molar-refractivity contribution in [2.45, 2.75) is 18.5 Å². The average molecular weight is 257 g/mol. The van der Waals surface area contributed by atoms with Crippen LogP contribution in [0.1, 0.15) is 11.5 Å². The SMILES string of the molecule is Cc1nc2cc(C3(C(F)(F)F)COC3)ccc2o1. The summed E-state index contributed by atoms with van der Waals surface area (Å²) in [6, 6.07) is 4.39. The number of rotatable bonds is 1. The van der Waals surface area contributed by atoms with Crippen LogP contribution in [0.5, 0.6) is 0 Å². The largest absolute Gasteiger partial charge is 0.441 e. The molecule has 0 saturated carbocycles. The molecule has 1 aliphatic rings. The minimum absolute atomic E-state index is 0.182. The zero-order valence-corrected chi connectivity index (χ0v) is 9.54. The molecule has 0 atom stereocenters. The van der Waals surface area contributed by atoms with Crippen LogP contribution in [0, 0.1) is 6.92 Å². The van der Waals surface area contributed by atoms with Gasteiger partial charge in [0.25, 0.3) is 0 Å². The summed E-state index contributed by atoms with van der Waals surface area (Å²) in [4.78, 5) is 4.05. The minimum Gasteiger partial charge on any atom is -0.441 e. The maximum Gasteiger partial charge on any atom is 0.402 e. The lowest BCUT2D eigenvalue weighted by molar-refractivity contribution is -0.262. The van der Waals surface area contributed by atoms with Crippen LogP contribution in [0.15, 0.2) is 22.6 Å². The van der Waals surface area contributed by atoms with Crippen molar-refractivity contribution in [1.82, 2.24) is 4.98 Å². The second-order valence-corrected chi connectivity index (χ2v) is 4.49. The molecule has 0 N–H and O–H groups in total. The Balaban J connectivity index is 2.13. The van der Waals surface area contributed by atoms with E-state index in [0.29, 0.717) is 17.0 Å². The number of aryl methyl sites for hydroxylation is 1. The Kier molecular flexibility index (Phi) is 2.22. The van der Waals surface area contributed by atoms with E-state index in [0.717, 1.165) is 0 Å². The van der Waals surface area contributed by atoms with Crippen molar-refractivity contribution in [3.63, 3.8) is 0 Å². The molecule has 0 amide bonds. The molecule has 0 radical (unpaired) electrons. The summed E-state index contributed by atoms with van der Waals surface area (Å²) in [5, 5.41) is 0. The molecule has 1 aliphatic heterocycles. The zero-order chi connectivity index (χ0) is 13.0. The Morgan fingerprint density at radius 1 is 1.28 bits per heavy atom. The van der Waals surface area contributed by atoms with Gasteiger partial charge in [-0.1, -0.05) is 6.07 Å². The van der Waals surface area contributed by atoms with E-state index in [1.54, 1.807) is 6.92 Å². The first-order chi connectivity index (χ1) is 8.42. The van der Waals surface area contributed by atoms with Gasteiger partial charge in [-0.05, 0) is 17.7 Å². The second-order valence-electron chi connectivity index (χ2n) is 4.49. The number of hydrogen-bond donors (Lipinski definition) is 0. The predicted octanol–water partition coefficient (Wildman–Crippen LogP) is 2.97. The lowest BCUT2D eigenvalue weighted by atomic mass is 9.78. The molecule has 0 spiro atoms. The Morgan fingerprint density at radius 3 is 2.56 bits per heavy atom. The highest BCUT2D eigenvalue weighted by atomic mass is 19.4. The maximum absolute atomic E-state index is 13.1. The third-order valence-electron chi connectivity index (χ3n) is 3.29. The topological polar surface area (TPSA) is 35.3 Å². The third kappa shape index (κ3) is 1.45. The van der Waals surface area contributed by atoms with E-state index in [1.165, 1.54) is 18.2 Å². The number of ether oxygens (including phenoxy) is 1. The zero-order valence-electron chi connectivity index (χ0n) is 9.54. The average Bonchev–Trinajstić information content (AvgIpc) is 2.52. The van der Waals surface area contributed by atoms with E-state index in [2.05, 4.69) is 4.98 Å². The van der Waals surface area contributed by atoms with E-state index in [9.17, 15) is 13.2 Å². The van der Waals surface area contributed by atoms with Crippen molar-refractivity contribution < 1.29 is 22.3 Å². The number of aromatic nitrogens is 1. The minimum atomic E-state index is -4.32. The van der Waals surface area contributed by atoms with Crippen LogP contribution in [0.4, 0.5) is 13.2 Å². The van der Waals surface area contributed by atoms with Gasteiger partial charge in [0.1, 0.15) is 10.9 Å². The van der Waals surface area contributed by atoms with Crippen LogP contribution in [0.2, 0.25) is 0 Å². The van der Waals surface area contributed by atoms with Gasteiger partial charge in [0.2, 0.25) is 0 Å². The summed E-state index contributed by atoms with van der Waals surface area (Å²) < 4.78 is 49.4. The molecular weight excluding hydrogens is 247 g/mol. The van der Waals surface area contributed by atoms with Crippen molar-refractivity contribution in [1.29, 1.82) is 0 Å². The molecule has 0 bridgehead atoms. The molecular formula is C12H10F3NO2. The summed E-state index contributed by atoms with van der Waals surface area (Å²) in [5.41, 5.74) is -0.773. The fraction of sp³-hybridized carbons (Fsp3) is 0.417. The fourth-order valence-corrected chi connectivity index (χ4v) is 2.14. The van der Waals surface area contributed by atoms with Crippen LogP contribution in [0.3, 0.4) is 0 Å². The molecule has 1 fully saturated rings. The Labute approximate surface area is 101 Å². The second kappa shape index (κ2) is 3.47.